The van der Waals surface area contributed by atoms with Gasteiger partial charge in [-0.05, 0) is 44.9 Å². The van der Waals surface area contributed by atoms with Crippen molar-refractivity contribution in [2.24, 2.45) is 0 Å². The summed E-state index contributed by atoms with van der Waals surface area (Å²) in [6.45, 7) is 3.99. The van der Waals surface area contributed by atoms with Crippen LogP contribution in [0.4, 0.5) is 0 Å². The molecule has 0 bridgehead atoms. The van der Waals surface area contributed by atoms with Crippen molar-refractivity contribution in [1.29, 1.82) is 0 Å². The molecule has 0 aromatic rings. The molecule has 0 spiro atoms. The summed E-state index contributed by atoms with van der Waals surface area (Å²) in [4.78, 5) is 24.2. The average Bonchev–Trinajstić information content (AvgIpc) is 3.10. The Bertz CT molecular complexity index is 845. The van der Waals surface area contributed by atoms with E-state index in [1.807, 2.05) is 24.3 Å². The van der Waals surface area contributed by atoms with Gasteiger partial charge in [-0.1, -0.05) is 178 Å². The maximum Gasteiger partial charge on any atom is 0.306 e. The third kappa shape index (κ3) is 36.9. The van der Waals surface area contributed by atoms with Crippen LogP contribution in [0.2, 0.25) is 0 Å². The van der Waals surface area contributed by atoms with Crippen LogP contribution in [0.3, 0.4) is 0 Å². The van der Waals surface area contributed by atoms with E-state index in [-0.39, 0.29) is 31.6 Å². The van der Waals surface area contributed by atoms with Gasteiger partial charge in [0.25, 0.3) is 0 Å². The van der Waals surface area contributed by atoms with Crippen LogP contribution in [0, 0.1) is 0 Å². The molecule has 6 heteroatoms. The van der Waals surface area contributed by atoms with E-state index in [9.17, 15) is 19.8 Å². The monoisotopic (exact) mass is 689 g/mol. The van der Waals surface area contributed by atoms with Crippen molar-refractivity contribution < 1.29 is 29.3 Å². The molecule has 284 valence electrons. The Hall–Kier alpha value is -2.18. The van der Waals surface area contributed by atoms with Crippen molar-refractivity contribution >= 4 is 11.9 Å². The molecule has 0 fully saturated rings. The maximum absolute atomic E-state index is 12.2. The molecule has 0 radical (unpaired) electrons. The van der Waals surface area contributed by atoms with E-state index in [2.05, 4.69) is 32.1 Å². The number of hydrogen-bond donors (Lipinski definition) is 2. The number of aliphatic hydroxyl groups excluding tert-OH is 2. The molecule has 0 heterocycles. The number of rotatable bonds is 36. The summed E-state index contributed by atoms with van der Waals surface area (Å²) in [6.07, 6.45) is 44.9. The Labute approximate surface area is 301 Å². The second-order valence-corrected chi connectivity index (χ2v) is 13.6. The highest BCUT2D eigenvalue weighted by molar-refractivity contribution is 5.70. The number of hydrogen-bond acceptors (Lipinski definition) is 6. The molecule has 0 aliphatic heterocycles. The van der Waals surface area contributed by atoms with Crippen LogP contribution in [0.1, 0.15) is 187 Å². The van der Waals surface area contributed by atoms with Crippen LogP contribution < -0.4 is 0 Å². The SMILES string of the molecule is CCCCC/C=C\C/C=C\CC(O)/C=C\C=C\CCCC(=O)OC[C@H](CO)OC(=O)CCCCCCCCCCCCCCCCCCC. The lowest BCUT2D eigenvalue weighted by Crippen LogP contribution is -2.28. The molecule has 0 saturated heterocycles. The highest BCUT2D eigenvalue weighted by Gasteiger charge is 2.16. The molecule has 0 aromatic carbocycles. The van der Waals surface area contributed by atoms with Gasteiger partial charge in [0.1, 0.15) is 6.61 Å². The lowest BCUT2D eigenvalue weighted by Gasteiger charge is -2.15. The molecule has 0 rings (SSSR count). The summed E-state index contributed by atoms with van der Waals surface area (Å²) in [6, 6.07) is 0. The van der Waals surface area contributed by atoms with Gasteiger partial charge in [-0.25, -0.2) is 0 Å². The molecule has 6 nitrogen and oxygen atoms in total. The molecular weight excluding hydrogens is 612 g/mol. The minimum atomic E-state index is -0.819. The largest absolute Gasteiger partial charge is 0.462 e. The molecular formula is C43H76O6. The van der Waals surface area contributed by atoms with E-state index in [0.717, 1.165) is 32.1 Å². The predicted octanol–water partition coefficient (Wildman–Crippen LogP) is 11.6. The molecule has 2 N–H and O–H groups in total. The summed E-state index contributed by atoms with van der Waals surface area (Å²) >= 11 is 0. The van der Waals surface area contributed by atoms with Gasteiger partial charge >= 0.3 is 11.9 Å². The van der Waals surface area contributed by atoms with Crippen molar-refractivity contribution in [1.82, 2.24) is 0 Å². The van der Waals surface area contributed by atoms with E-state index in [4.69, 9.17) is 9.47 Å². The van der Waals surface area contributed by atoms with Crippen molar-refractivity contribution in [3.05, 3.63) is 48.6 Å². The standard InChI is InChI=1S/C43H76O6/c1-3-5-7-9-11-13-14-15-16-17-18-19-20-22-24-28-33-37-43(47)49-41(38-44)39-48-42(46)36-32-29-25-27-31-35-40(45)34-30-26-23-21-12-10-8-6-4-2/h12,21,25-27,30-31,35,40-41,44-45H,3-11,13-20,22-24,28-29,32-34,36-39H2,1-2H3/b21-12-,27-25+,30-26-,35-31-/t40?,41-/m0/s1. The van der Waals surface area contributed by atoms with Gasteiger partial charge in [0, 0.05) is 12.8 Å². The van der Waals surface area contributed by atoms with Gasteiger partial charge < -0.3 is 19.7 Å². The number of esters is 2. The van der Waals surface area contributed by atoms with E-state index < -0.39 is 12.2 Å². The summed E-state index contributed by atoms with van der Waals surface area (Å²) in [5.41, 5.74) is 0. The van der Waals surface area contributed by atoms with E-state index >= 15 is 0 Å². The van der Waals surface area contributed by atoms with Crippen molar-refractivity contribution in [3.63, 3.8) is 0 Å². The summed E-state index contributed by atoms with van der Waals surface area (Å²) < 4.78 is 10.5. The molecule has 0 saturated carbocycles. The number of allylic oxidation sites excluding steroid dienone is 6. The Morgan fingerprint density at radius 3 is 1.67 bits per heavy atom. The normalized spacial score (nSPS) is 13.3. The van der Waals surface area contributed by atoms with Crippen LogP contribution in [0.15, 0.2) is 48.6 Å². The third-order valence-corrected chi connectivity index (χ3v) is 8.71. The highest BCUT2D eigenvalue weighted by atomic mass is 16.6. The minimum Gasteiger partial charge on any atom is -0.462 e. The van der Waals surface area contributed by atoms with Gasteiger partial charge in [0.2, 0.25) is 0 Å². The van der Waals surface area contributed by atoms with Crippen LogP contribution >= 0.6 is 0 Å². The van der Waals surface area contributed by atoms with Gasteiger partial charge in [-0.15, -0.1) is 0 Å². The first-order valence-electron chi connectivity index (χ1n) is 20.3. The zero-order valence-corrected chi connectivity index (χ0v) is 31.8. The minimum absolute atomic E-state index is 0.125. The molecule has 0 aliphatic rings. The first-order valence-corrected chi connectivity index (χ1v) is 20.3. The van der Waals surface area contributed by atoms with Gasteiger partial charge in [-0.3, -0.25) is 9.59 Å². The average molecular weight is 689 g/mol. The van der Waals surface area contributed by atoms with E-state index in [1.54, 1.807) is 6.08 Å². The zero-order valence-electron chi connectivity index (χ0n) is 31.8. The Morgan fingerprint density at radius 2 is 1.08 bits per heavy atom. The summed E-state index contributed by atoms with van der Waals surface area (Å²) in [7, 11) is 0. The van der Waals surface area contributed by atoms with Crippen molar-refractivity contribution in [2.45, 2.75) is 199 Å². The summed E-state index contributed by atoms with van der Waals surface area (Å²) in [5.74, 6) is -0.717. The maximum atomic E-state index is 12.2. The number of carbonyl (C=O) groups is 2. The topological polar surface area (TPSA) is 93.1 Å². The van der Waals surface area contributed by atoms with E-state index in [1.165, 1.54) is 109 Å². The molecule has 49 heavy (non-hydrogen) atoms. The molecule has 0 amide bonds. The lowest BCUT2D eigenvalue weighted by atomic mass is 10.0. The van der Waals surface area contributed by atoms with Crippen molar-refractivity contribution in [3.8, 4) is 0 Å². The van der Waals surface area contributed by atoms with Gasteiger partial charge in [-0.2, -0.15) is 0 Å². The fraction of sp³-hybridized carbons (Fsp3) is 0.767. The van der Waals surface area contributed by atoms with Crippen molar-refractivity contribution in [2.75, 3.05) is 13.2 Å². The smallest absolute Gasteiger partial charge is 0.306 e. The number of carbonyl (C=O) groups excluding carboxylic acids is 2. The zero-order chi connectivity index (χ0) is 35.9. The third-order valence-electron chi connectivity index (χ3n) is 8.71. The molecule has 0 aromatic heterocycles. The van der Waals surface area contributed by atoms with Gasteiger partial charge in [0.05, 0.1) is 12.7 Å². The fourth-order valence-electron chi connectivity index (χ4n) is 5.57. The van der Waals surface area contributed by atoms with Crippen LogP contribution in [-0.2, 0) is 19.1 Å². The van der Waals surface area contributed by atoms with E-state index in [0.29, 0.717) is 25.7 Å². The quantitative estimate of drug-likeness (QED) is 0.0294. The number of unbranched alkanes of at least 4 members (excludes halogenated alkanes) is 20. The first-order chi connectivity index (χ1) is 24.0. The van der Waals surface area contributed by atoms with Crippen LogP contribution in [0.5, 0.6) is 0 Å². The van der Waals surface area contributed by atoms with Crippen LogP contribution in [-0.4, -0.2) is 47.6 Å². The first kappa shape index (κ1) is 46.8. The molecule has 1 unspecified atom stereocenters. The van der Waals surface area contributed by atoms with Gasteiger partial charge in [0.15, 0.2) is 6.10 Å². The Balaban J connectivity index is 3.71. The number of aliphatic hydroxyl groups is 2. The Kier molecular flexibility index (Phi) is 36.9. The number of ether oxygens (including phenoxy) is 2. The Morgan fingerprint density at radius 1 is 0.571 bits per heavy atom. The highest BCUT2D eigenvalue weighted by Crippen LogP contribution is 2.15. The summed E-state index contributed by atoms with van der Waals surface area (Å²) in [5, 5.41) is 19.6. The van der Waals surface area contributed by atoms with Crippen LogP contribution in [0.25, 0.3) is 0 Å². The lowest BCUT2D eigenvalue weighted by molar-refractivity contribution is -0.161. The molecule has 0 aliphatic carbocycles. The molecule has 2 atom stereocenters. The predicted molar refractivity (Wildman–Crippen MR) is 206 cm³/mol. The second-order valence-electron chi connectivity index (χ2n) is 13.6. The fourth-order valence-corrected chi connectivity index (χ4v) is 5.57. The second kappa shape index (κ2) is 38.6.